The lowest BCUT2D eigenvalue weighted by atomic mass is 9.88. The number of carbonyl (C=O) groups is 1. The summed E-state index contributed by atoms with van der Waals surface area (Å²) in [5, 5.41) is 12.6. The molecule has 2 atom stereocenters. The lowest BCUT2D eigenvalue weighted by Crippen LogP contribution is -2.36. The summed E-state index contributed by atoms with van der Waals surface area (Å²) in [7, 11) is 0.834. The summed E-state index contributed by atoms with van der Waals surface area (Å²) in [5.41, 5.74) is 3.33. The van der Waals surface area contributed by atoms with Crippen LogP contribution in [0.3, 0.4) is 0 Å². The summed E-state index contributed by atoms with van der Waals surface area (Å²) in [5.74, 6) is 0.323. The molecule has 0 spiro atoms. The van der Waals surface area contributed by atoms with Crippen LogP contribution in [0, 0.1) is 11.3 Å². The Morgan fingerprint density at radius 2 is 1.78 bits per heavy atom. The topological polar surface area (TPSA) is 64.4 Å². The number of amides is 1. The summed E-state index contributed by atoms with van der Waals surface area (Å²) in [6.07, 6.45) is 6.53. The molecule has 0 N–H and O–H groups in total. The Kier molecular flexibility index (Phi) is 11.3. The number of thioether (sulfide) groups is 1. The quantitative estimate of drug-likeness (QED) is 0.157. The van der Waals surface area contributed by atoms with Gasteiger partial charge in [0, 0.05) is 35.6 Å². The number of likely N-dealkylation sites (tertiary alicyclic amines) is 1. The van der Waals surface area contributed by atoms with E-state index in [0.29, 0.717) is 38.5 Å². The van der Waals surface area contributed by atoms with E-state index in [1.54, 1.807) is 11.2 Å². The molecule has 9 heteroatoms. The summed E-state index contributed by atoms with van der Waals surface area (Å²) in [4.78, 5) is 20.1. The number of halogens is 2. The van der Waals surface area contributed by atoms with Crippen LogP contribution in [-0.4, -0.2) is 65.7 Å². The van der Waals surface area contributed by atoms with Crippen LogP contribution in [0.1, 0.15) is 58.1 Å². The highest BCUT2D eigenvalue weighted by Crippen LogP contribution is 2.35. The van der Waals surface area contributed by atoms with E-state index in [9.17, 15) is 14.3 Å². The Morgan fingerprint density at radius 3 is 2.47 bits per heavy atom. The highest BCUT2D eigenvalue weighted by Gasteiger charge is 2.27. The molecular weight excluding hydrogens is 641 g/mol. The van der Waals surface area contributed by atoms with Crippen LogP contribution in [0.2, 0.25) is 10.0 Å². The van der Waals surface area contributed by atoms with Gasteiger partial charge in [0.25, 0.3) is 5.91 Å². The molecule has 1 aliphatic rings. The molecule has 1 fully saturated rings. The molecule has 0 aliphatic carbocycles. The summed E-state index contributed by atoms with van der Waals surface area (Å²) in [6.45, 7) is 3.29. The van der Waals surface area contributed by atoms with Crippen molar-refractivity contribution in [1.82, 2.24) is 9.80 Å². The van der Waals surface area contributed by atoms with Gasteiger partial charge in [0.15, 0.2) is 0 Å². The normalized spacial score (nSPS) is 15.5. The van der Waals surface area contributed by atoms with Gasteiger partial charge in [0.05, 0.1) is 32.0 Å². The van der Waals surface area contributed by atoms with Crippen molar-refractivity contribution >= 4 is 62.4 Å². The molecule has 0 radical (unpaired) electrons. The molecule has 5 rings (SSSR count). The van der Waals surface area contributed by atoms with Crippen LogP contribution >= 0.6 is 35.0 Å². The van der Waals surface area contributed by atoms with E-state index >= 15 is 0 Å². The van der Waals surface area contributed by atoms with Crippen LogP contribution in [-0.2, 0) is 10.8 Å². The van der Waals surface area contributed by atoms with E-state index in [1.807, 2.05) is 80.0 Å². The van der Waals surface area contributed by atoms with Gasteiger partial charge in [-0.25, -0.2) is 0 Å². The van der Waals surface area contributed by atoms with Crippen molar-refractivity contribution in [2.45, 2.75) is 40.9 Å². The smallest absolute Gasteiger partial charge is 0.255 e. The zero-order valence-electron chi connectivity index (χ0n) is 25.8. The first kappa shape index (κ1) is 33.5. The maximum Gasteiger partial charge on any atom is 0.255 e. The average Bonchev–Trinajstić information content (AvgIpc) is 3.06. The molecule has 0 bridgehead atoms. The summed E-state index contributed by atoms with van der Waals surface area (Å²) >= 11 is 14.2. The molecule has 1 heterocycles. The van der Waals surface area contributed by atoms with Crippen molar-refractivity contribution < 1.29 is 9.00 Å². The molecule has 5 nitrogen and oxygen atoms in total. The van der Waals surface area contributed by atoms with Gasteiger partial charge >= 0.3 is 0 Å². The summed E-state index contributed by atoms with van der Waals surface area (Å²) < 4.78 is 12.3. The molecule has 1 aliphatic heterocycles. The second kappa shape index (κ2) is 15.2. The molecule has 4 aromatic carbocycles. The first-order valence-electron chi connectivity index (χ1n) is 15.1. The van der Waals surface area contributed by atoms with Gasteiger partial charge in [-0.15, -0.1) is 11.8 Å². The zero-order valence-corrected chi connectivity index (χ0v) is 28.9. The monoisotopic (exact) mass is 677 g/mol. The fourth-order valence-corrected chi connectivity index (χ4v) is 8.32. The second-order valence-electron chi connectivity index (χ2n) is 11.6. The average molecular weight is 679 g/mol. The first-order valence-corrected chi connectivity index (χ1v) is 18.6. The minimum atomic E-state index is -1.00. The van der Waals surface area contributed by atoms with Gasteiger partial charge in [-0.2, -0.15) is 5.26 Å². The van der Waals surface area contributed by atoms with Crippen molar-refractivity contribution in [2.24, 2.45) is 0 Å². The van der Waals surface area contributed by atoms with Crippen LogP contribution in [0.25, 0.3) is 10.8 Å². The predicted octanol–water partition coefficient (Wildman–Crippen LogP) is 8.60. The third-order valence-corrected chi connectivity index (χ3v) is 11.4. The van der Waals surface area contributed by atoms with Gasteiger partial charge in [0.1, 0.15) is 6.07 Å². The number of hydrogen-bond acceptors (Lipinski definition) is 5. The SMILES string of the molecule is CSc1c(C#N)cc2ccccc2c1C(=O)N(C)C[C@@H](CCN1CCC(c2ccccc2S(C)=O)CC1)c1ccc(Cl)c(Cl)c1. The number of hydrogen-bond donors (Lipinski definition) is 0. The van der Waals surface area contributed by atoms with E-state index in [4.69, 9.17) is 23.2 Å². The third-order valence-electron chi connectivity index (χ3n) is 8.85. The van der Waals surface area contributed by atoms with Crippen molar-refractivity contribution in [3.05, 3.63) is 105 Å². The fourth-order valence-electron chi connectivity index (χ4n) is 6.46. The van der Waals surface area contributed by atoms with Gasteiger partial charge < -0.3 is 9.80 Å². The molecule has 1 unspecified atom stereocenters. The van der Waals surface area contributed by atoms with E-state index in [2.05, 4.69) is 17.0 Å². The summed E-state index contributed by atoms with van der Waals surface area (Å²) in [6, 6.07) is 25.8. The Morgan fingerprint density at radius 1 is 1.07 bits per heavy atom. The molecular formula is C36H37Cl2N3O2S2. The molecule has 45 heavy (non-hydrogen) atoms. The minimum absolute atomic E-state index is 0.0258. The minimum Gasteiger partial charge on any atom is -0.341 e. The Bertz CT molecular complexity index is 1770. The predicted molar refractivity (Wildman–Crippen MR) is 188 cm³/mol. The van der Waals surface area contributed by atoms with Crippen molar-refractivity contribution in [1.29, 1.82) is 5.26 Å². The van der Waals surface area contributed by atoms with Crippen molar-refractivity contribution in [2.75, 3.05) is 45.7 Å². The second-order valence-corrected chi connectivity index (χ2v) is 14.6. The number of nitriles is 1. The van der Waals surface area contributed by atoms with Gasteiger partial charge in [-0.1, -0.05) is 71.7 Å². The lowest BCUT2D eigenvalue weighted by molar-refractivity contribution is 0.0780. The maximum atomic E-state index is 14.2. The van der Waals surface area contributed by atoms with Gasteiger partial charge in [-0.05, 0) is 97.2 Å². The first-order chi connectivity index (χ1) is 21.7. The van der Waals surface area contributed by atoms with E-state index in [0.717, 1.165) is 60.1 Å². The molecule has 1 saturated heterocycles. The van der Waals surface area contributed by atoms with Crippen LogP contribution in [0.4, 0.5) is 0 Å². The fraction of sp³-hybridized carbons (Fsp3) is 0.333. The van der Waals surface area contributed by atoms with Crippen LogP contribution in [0.5, 0.6) is 0 Å². The molecule has 234 valence electrons. The van der Waals surface area contributed by atoms with E-state index in [1.165, 1.54) is 17.3 Å². The standard InChI is InChI=1S/C36H37Cl2N3O2S2/c1-40(36(42)34-30-10-5-4-8-26(30)20-28(22-39)35(34)44-2)23-27(25-12-13-31(37)32(38)21-25)16-19-41-17-14-24(15-18-41)29-9-6-7-11-33(29)45(3)43/h4-13,20-21,24,27H,14-19,23H2,1-3H3/t27-,45?/m1/s1. The Balaban J connectivity index is 1.35. The highest BCUT2D eigenvalue weighted by atomic mass is 35.5. The van der Waals surface area contributed by atoms with Crippen LogP contribution < -0.4 is 0 Å². The lowest BCUT2D eigenvalue weighted by Gasteiger charge is -2.34. The third kappa shape index (κ3) is 7.59. The Labute approximate surface area is 283 Å². The van der Waals surface area contributed by atoms with Crippen LogP contribution in [0.15, 0.2) is 82.6 Å². The number of carbonyl (C=O) groups excluding carboxylic acids is 1. The van der Waals surface area contributed by atoms with Crippen molar-refractivity contribution in [3.8, 4) is 6.07 Å². The van der Waals surface area contributed by atoms with Crippen molar-refractivity contribution in [3.63, 3.8) is 0 Å². The Hall–Kier alpha value is -2.86. The van der Waals surface area contributed by atoms with E-state index in [-0.39, 0.29) is 11.8 Å². The van der Waals surface area contributed by atoms with Gasteiger partial charge in [0.2, 0.25) is 0 Å². The number of fused-ring (bicyclic) bond motifs is 1. The number of rotatable bonds is 10. The maximum absolute atomic E-state index is 14.2. The molecule has 1 amide bonds. The van der Waals surface area contributed by atoms with Gasteiger partial charge in [-0.3, -0.25) is 9.00 Å². The molecule has 0 saturated carbocycles. The number of benzene rings is 4. The number of piperidine rings is 1. The number of nitrogens with zero attached hydrogens (tertiary/aromatic N) is 3. The zero-order chi connectivity index (χ0) is 32.1. The molecule has 4 aromatic rings. The molecule has 0 aromatic heterocycles. The highest BCUT2D eigenvalue weighted by molar-refractivity contribution is 7.98. The largest absolute Gasteiger partial charge is 0.341 e. The van der Waals surface area contributed by atoms with E-state index < -0.39 is 10.8 Å². The number of likely N-dealkylation sites (N-methyl/N-ethyl adjacent to an activating group) is 1.